The number of pyridine rings is 1. The zero-order chi connectivity index (χ0) is 13.6. The number of aromatic nitrogens is 3. The molecule has 0 amide bonds. The number of hydrogen-bond donors (Lipinski definition) is 0. The second kappa shape index (κ2) is 6.43. The van der Waals surface area contributed by atoms with Gasteiger partial charge in [0.2, 0.25) is 0 Å². The van der Waals surface area contributed by atoms with Gasteiger partial charge in [0.25, 0.3) is 0 Å². The van der Waals surface area contributed by atoms with E-state index in [9.17, 15) is 0 Å². The Balaban J connectivity index is 1.69. The van der Waals surface area contributed by atoms with Gasteiger partial charge >= 0.3 is 0 Å². The highest BCUT2D eigenvalue weighted by Gasteiger charge is 2.20. The third kappa shape index (κ3) is 3.30. The molecule has 20 heavy (non-hydrogen) atoms. The molecule has 1 fully saturated rings. The van der Waals surface area contributed by atoms with Crippen molar-refractivity contribution in [2.45, 2.75) is 6.42 Å². The Morgan fingerprint density at radius 1 is 1.25 bits per heavy atom. The topological polar surface area (TPSA) is 51.1 Å². The molecule has 2 aromatic rings. The van der Waals surface area contributed by atoms with E-state index >= 15 is 0 Å². The van der Waals surface area contributed by atoms with Gasteiger partial charge in [-0.25, -0.2) is 15.0 Å². The van der Waals surface area contributed by atoms with Crippen molar-refractivity contribution in [1.82, 2.24) is 15.0 Å². The summed E-state index contributed by atoms with van der Waals surface area (Å²) in [5, 5.41) is 0. The first-order chi connectivity index (χ1) is 9.92. The molecule has 1 atom stereocenters. The average molecular weight is 270 g/mol. The molecule has 0 aromatic carbocycles. The molecule has 0 bridgehead atoms. The molecular weight excluding hydrogens is 252 g/mol. The average Bonchev–Trinajstić information content (AvgIpc) is 2.75. The second-order valence-electron chi connectivity index (χ2n) is 5.03. The first-order valence-corrected chi connectivity index (χ1v) is 6.89. The van der Waals surface area contributed by atoms with Crippen molar-refractivity contribution in [1.29, 1.82) is 0 Å². The van der Waals surface area contributed by atoms with Crippen LogP contribution in [0.25, 0.3) is 0 Å². The van der Waals surface area contributed by atoms with Crippen LogP contribution >= 0.6 is 0 Å². The summed E-state index contributed by atoms with van der Waals surface area (Å²) in [5.41, 5.74) is 1.16. The Kier molecular flexibility index (Phi) is 4.18. The van der Waals surface area contributed by atoms with Crippen molar-refractivity contribution >= 4 is 5.82 Å². The summed E-state index contributed by atoms with van der Waals surface area (Å²) in [6.45, 7) is 3.36. The van der Waals surface area contributed by atoms with E-state index in [1.54, 1.807) is 6.33 Å². The molecular formula is C15H18N4O. The standard InChI is InChI=1S/C15H18N4O/c1-2-4-18-15(3-1)19-5-6-20-11-14(10-19)7-13-8-16-12-17-9-13/h1-4,8-9,12,14H,5-7,10-11H2/t14-/m1/s1. The molecule has 0 saturated carbocycles. The Labute approximate surface area is 118 Å². The smallest absolute Gasteiger partial charge is 0.128 e. The number of hydrogen-bond acceptors (Lipinski definition) is 5. The summed E-state index contributed by atoms with van der Waals surface area (Å²) in [4.78, 5) is 14.9. The highest BCUT2D eigenvalue weighted by molar-refractivity contribution is 5.37. The fourth-order valence-electron chi connectivity index (χ4n) is 2.52. The summed E-state index contributed by atoms with van der Waals surface area (Å²) in [6.07, 6.45) is 8.09. The van der Waals surface area contributed by atoms with Crippen LogP contribution in [0.2, 0.25) is 0 Å². The predicted molar refractivity (Wildman–Crippen MR) is 76.5 cm³/mol. The highest BCUT2D eigenvalue weighted by Crippen LogP contribution is 2.17. The van der Waals surface area contributed by atoms with Crippen molar-refractivity contribution in [3.63, 3.8) is 0 Å². The lowest BCUT2D eigenvalue weighted by molar-refractivity contribution is 0.123. The monoisotopic (exact) mass is 270 g/mol. The van der Waals surface area contributed by atoms with Gasteiger partial charge < -0.3 is 9.64 Å². The fraction of sp³-hybridized carbons (Fsp3) is 0.400. The van der Waals surface area contributed by atoms with E-state index in [4.69, 9.17) is 4.74 Å². The van der Waals surface area contributed by atoms with Gasteiger partial charge in [0, 0.05) is 37.6 Å². The Bertz CT molecular complexity index is 520. The largest absolute Gasteiger partial charge is 0.379 e. The maximum Gasteiger partial charge on any atom is 0.128 e. The maximum atomic E-state index is 5.72. The molecule has 1 saturated heterocycles. The number of nitrogens with zero attached hydrogens (tertiary/aromatic N) is 4. The molecule has 1 aliphatic rings. The van der Waals surface area contributed by atoms with E-state index < -0.39 is 0 Å². The van der Waals surface area contributed by atoms with E-state index in [2.05, 4.69) is 19.9 Å². The molecule has 5 nitrogen and oxygen atoms in total. The summed E-state index contributed by atoms with van der Waals surface area (Å²) < 4.78 is 5.72. The van der Waals surface area contributed by atoms with E-state index in [0.717, 1.165) is 44.1 Å². The quantitative estimate of drug-likeness (QED) is 0.847. The lowest BCUT2D eigenvalue weighted by atomic mass is 10.0. The predicted octanol–water partition coefficient (Wildman–Crippen LogP) is 1.57. The van der Waals surface area contributed by atoms with E-state index in [1.807, 2.05) is 36.8 Å². The van der Waals surface area contributed by atoms with Gasteiger partial charge in [0.1, 0.15) is 12.1 Å². The zero-order valence-corrected chi connectivity index (χ0v) is 11.4. The SMILES string of the molecule is c1ccc(N2CCOC[C@H](Cc3cncnc3)C2)nc1. The van der Waals surface area contributed by atoms with Crippen LogP contribution in [-0.2, 0) is 11.2 Å². The lowest BCUT2D eigenvalue weighted by Gasteiger charge is -2.24. The molecule has 5 heteroatoms. The molecule has 0 spiro atoms. The van der Waals surface area contributed by atoms with Gasteiger partial charge in [-0.05, 0) is 24.1 Å². The number of rotatable bonds is 3. The van der Waals surface area contributed by atoms with E-state index in [1.165, 1.54) is 0 Å². The molecule has 3 rings (SSSR count). The molecule has 0 radical (unpaired) electrons. The van der Waals surface area contributed by atoms with Gasteiger partial charge in [0.05, 0.1) is 13.2 Å². The molecule has 104 valence electrons. The summed E-state index contributed by atoms with van der Waals surface area (Å²) in [5.74, 6) is 1.46. The minimum Gasteiger partial charge on any atom is -0.379 e. The van der Waals surface area contributed by atoms with Gasteiger partial charge in [-0.2, -0.15) is 0 Å². The van der Waals surface area contributed by atoms with Crippen LogP contribution in [0.3, 0.4) is 0 Å². The molecule has 0 aliphatic carbocycles. The van der Waals surface area contributed by atoms with Crippen molar-refractivity contribution in [3.05, 3.63) is 48.7 Å². The van der Waals surface area contributed by atoms with E-state index in [0.29, 0.717) is 5.92 Å². The van der Waals surface area contributed by atoms with Crippen LogP contribution in [0.1, 0.15) is 5.56 Å². The van der Waals surface area contributed by atoms with Gasteiger partial charge in [-0.1, -0.05) is 6.07 Å². The minimum absolute atomic E-state index is 0.436. The van der Waals surface area contributed by atoms with Crippen LogP contribution < -0.4 is 4.90 Å². The fourth-order valence-corrected chi connectivity index (χ4v) is 2.52. The van der Waals surface area contributed by atoms with Crippen LogP contribution in [0, 0.1) is 5.92 Å². The van der Waals surface area contributed by atoms with Crippen molar-refractivity contribution in [2.75, 3.05) is 31.2 Å². The third-order valence-electron chi connectivity index (χ3n) is 3.45. The van der Waals surface area contributed by atoms with E-state index in [-0.39, 0.29) is 0 Å². The Morgan fingerprint density at radius 3 is 2.95 bits per heavy atom. The summed E-state index contributed by atoms with van der Waals surface area (Å²) in [6, 6.07) is 6.01. The molecule has 0 N–H and O–H groups in total. The summed E-state index contributed by atoms with van der Waals surface area (Å²) in [7, 11) is 0. The molecule has 0 unspecified atom stereocenters. The van der Waals surface area contributed by atoms with Gasteiger partial charge in [0.15, 0.2) is 0 Å². The normalized spacial score (nSPS) is 19.6. The van der Waals surface area contributed by atoms with Crippen LogP contribution in [0.5, 0.6) is 0 Å². The second-order valence-corrected chi connectivity index (χ2v) is 5.03. The van der Waals surface area contributed by atoms with Crippen LogP contribution in [0.4, 0.5) is 5.82 Å². The number of ether oxygens (including phenoxy) is 1. The Morgan fingerprint density at radius 2 is 2.15 bits per heavy atom. The molecule has 2 aromatic heterocycles. The number of anilines is 1. The van der Waals surface area contributed by atoms with Crippen molar-refractivity contribution < 1.29 is 4.74 Å². The van der Waals surface area contributed by atoms with Gasteiger partial charge in [-0.15, -0.1) is 0 Å². The van der Waals surface area contributed by atoms with Gasteiger partial charge in [-0.3, -0.25) is 0 Å². The summed E-state index contributed by atoms with van der Waals surface area (Å²) >= 11 is 0. The first kappa shape index (κ1) is 13.0. The zero-order valence-electron chi connectivity index (χ0n) is 11.4. The maximum absolute atomic E-state index is 5.72. The molecule has 3 heterocycles. The molecule has 1 aliphatic heterocycles. The minimum atomic E-state index is 0.436. The highest BCUT2D eigenvalue weighted by atomic mass is 16.5. The third-order valence-corrected chi connectivity index (χ3v) is 3.45. The van der Waals surface area contributed by atoms with Crippen molar-refractivity contribution in [2.24, 2.45) is 5.92 Å². The Hall–Kier alpha value is -2.01. The first-order valence-electron chi connectivity index (χ1n) is 6.89. The lowest BCUT2D eigenvalue weighted by Crippen LogP contribution is -2.31. The van der Waals surface area contributed by atoms with Crippen LogP contribution in [0.15, 0.2) is 43.1 Å². The van der Waals surface area contributed by atoms with Crippen LogP contribution in [-0.4, -0.2) is 41.3 Å². The van der Waals surface area contributed by atoms with Crippen molar-refractivity contribution in [3.8, 4) is 0 Å².